The van der Waals surface area contributed by atoms with Gasteiger partial charge < -0.3 is 14.1 Å². The molecule has 1 amide bonds. The van der Waals surface area contributed by atoms with Gasteiger partial charge in [0.05, 0.1) is 16.3 Å². The van der Waals surface area contributed by atoms with Crippen molar-refractivity contribution in [2.24, 2.45) is 0 Å². The summed E-state index contributed by atoms with van der Waals surface area (Å²) in [6.45, 7) is 1.50. The summed E-state index contributed by atoms with van der Waals surface area (Å²) in [6.07, 6.45) is 1.55. The van der Waals surface area contributed by atoms with E-state index in [1.165, 1.54) is 23.6 Å². The molecule has 0 saturated carbocycles. The Kier molecular flexibility index (Phi) is 5.61. The number of ether oxygens (including phenoxy) is 1. The van der Waals surface area contributed by atoms with Crippen LogP contribution in [0.2, 0.25) is 10.0 Å². The maximum Gasteiger partial charge on any atom is 0.330 e. The van der Waals surface area contributed by atoms with Crippen molar-refractivity contribution in [3.63, 3.8) is 0 Å². The average molecular weight is 400 g/mol. The molecular formula is C17H15Cl2NO4S. The van der Waals surface area contributed by atoms with E-state index in [0.29, 0.717) is 21.6 Å². The molecule has 132 valence electrons. The third-order valence-corrected chi connectivity index (χ3v) is 5.81. The fraction of sp³-hybridized carbons (Fsp3) is 0.294. The number of amides is 1. The van der Waals surface area contributed by atoms with Crippen molar-refractivity contribution < 1.29 is 18.7 Å². The zero-order chi connectivity index (χ0) is 18.0. The molecule has 0 bridgehead atoms. The lowest BCUT2D eigenvalue weighted by Crippen LogP contribution is -2.42. The Labute approximate surface area is 159 Å². The normalized spacial score (nSPS) is 19.9. The molecule has 1 aliphatic heterocycles. The van der Waals surface area contributed by atoms with Crippen LogP contribution >= 0.6 is 35.0 Å². The minimum absolute atomic E-state index is 0.0635. The molecule has 1 saturated heterocycles. The van der Waals surface area contributed by atoms with Gasteiger partial charge in [0.2, 0.25) is 5.91 Å². The Morgan fingerprint density at radius 3 is 2.76 bits per heavy atom. The average Bonchev–Trinajstić information content (AvgIpc) is 3.24. The molecule has 25 heavy (non-hydrogen) atoms. The summed E-state index contributed by atoms with van der Waals surface area (Å²) in [5.41, 5.74) is 0.727. The molecule has 1 fully saturated rings. The van der Waals surface area contributed by atoms with Crippen molar-refractivity contribution in [1.29, 1.82) is 0 Å². The molecule has 0 spiro atoms. The molecule has 8 heteroatoms. The molecule has 2 aromatic rings. The van der Waals surface area contributed by atoms with E-state index < -0.39 is 12.0 Å². The second kappa shape index (κ2) is 7.72. The predicted molar refractivity (Wildman–Crippen MR) is 96.5 cm³/mol. The molecule has 3 rings (SSSR count). The van der Waals surface area contributed by atoms with Gasteiger partial charge in [-0.3, -0.25) is 4.79 Å². The van der Waals surface area contributed by atoms with Crippen molar-refractivity contribution in [1.82, 2.24) is 4.90 Å². The summed E-state index contributed by atoms with van der Waals surface area (Å²) >= 11 is 13.3. The number of halogens is 2. The molecule has 0 unspecified atom stereocenters. The van der Waals surface area contributed by atoms with E-state index in [1.54, 1.807) is 36.6 Å². The maximum absolute atomic E-state index is 12.5. The van der Waals surface area contributed by atoms with E-state index in [0.717, 1.165) is 5.56 Å². The third-order valence-electron chi connectivity index (χ3n) is 3.79. The quantitative estimate of drug-likeness (QED) is 0.717. The zero-order valence-corrected chi connectivity index (χ0v) is 15.6. The van der Waals surface area contributed by atoms with Gasteiger partial charge in [-0.1, -0.05) is 29.3 Å². The van der Waals surface area contributed by atoms with Crippen molar-refractivity contribution >= 4 is 46.8 Å². The number of carbonyl (C=O) groups excluding carboxylic acids is 2. The Morgan fingerprint density at radius 1 is 1.32 bits per heavy atom. The number of furan rings is 1. The predicted octanol–water partition coefficient (Wildman–Crippen LogP) is 4.29. The molecule has 5 nitrogen and oxygen atoms in total. The van der Waals surface area contributed by atoms with Crippen LogP contribution in [-0.4, -0.2) is 28.6 Å². The molecule has 0 N–H and O–H groups in total. The highest BCUT2D eigenvalue weighted by Crippen LogP contribution is 2.41. The topological polar surface area (TPSA) is 59.8 Å². The van der Waals surface area contributed by atoms with E-state index in [2.05, 4.69) is 0 Å². The third kappa shape index (κ3) is 3.97. The number of hydrogen-bond donors (Lipinski definition) is 0. The number of esters is 1. The zero-order valence-electron chi connectivity index (χ0n) is 13.3. The van der Waals surface area contributed by atoms with E-state index in [4.69, 9.17) is 32.4 Å². The number of rotatable bonds is 4. The van der Waals surface area contributed by atoms with Gasteiger partial charge in [0.1, 0.15) is 23.8 Å². The van der Waals surface area contributed by atoms with Crippen LogP contribution in [0, 0.1) is 0 Å². The SMILES string of the molecule is CC(=O)N1[C@@H](C(=O)OCc2ccc(Cl)c(Cl)c2)CS[C@@H]1c1ccco1. The van der Waals surface area contributed by atoms with Crippen LogP contribution < -0.4 is 0 Å². The van der Waals surface area contributed by atoms with Gasteiger partial charge >= 0.3 is 5.97 Å². The first-order valence-electron chi connectivity index (χ1n) is 7.52. The van der Waals surface area contributed by atoms with Crippen LogP contribution in [0.1, 0.15) is 23.6 Å². The second-order valence-electron chi connectivity index (χ2n) is 5.50. The van der Waals surface area contributed by atoms with Crippen molar-refractivity contribution in [2.75, 3.05) is 5.75 Å². The minimum Gasteiger partial charge on any atom is -0.466 e. The van der Waals surface area contributed by atoms with Crippen LogP contribution in [0.5, 0.6) is 0 Å². The Balaban J connectivity index is 1.68. The van der Waals surface area contributed by atoms with Crippen LogP contribution in [0.4, 0.5) is 0 Å². The first-order valence-corrected chi connectivity index (χ1v) is 9.32. The van der Waals surface area contributed by atoms with Crippen LogP contribution in [0.3, 0.4) is 0 Å². The Morgan fingerprint density at radius 2 is 2.12 bits per heavy atom. The minimum atomic E-state index is -0.652. The van der Waals surface area contributed by atoms with Crippen molar-refractivity contribution in [2.45, 2.75) is 24.9 Å². The summed E-state index contributed by atoms with van der Waals surface area (Å²) in [4.78, 5) is 26.0. The first-order chi connectivity index (χ1) is 12.0. The monoisotopic (exact) mass is 399 g/mol. The van der Waals surface area contributed by atoms with E-state index in [-0.39, 0.29) is 17.9 Å². The van der Waals surface area contributed by atoms with Gasteiger partial charge in [0.15, 0.2) is 0 Å². The van der Waals surface area contributed by atoms with Crippen molar-refractivity contribution in [3.8, 4) is 0 Å². The maximum atomic E-state index is 12.5. The number of hydrogen-bond acceptors (Lipinski definition) is 5. The Bertz CT molecular complexity index is 781. The summed E-state index contributed by atoms with van der Waals surface area (Å²) < 4.78 is 10.8. The molecule has 1 aromatic heterocycles. The molecule has 1 aliphatic rings. The summed E-state index contributed by atoms with van der Waals surface area (Å²) in [5, 5.41) is 0.512. The van der Waals surface area contributed by atoms with Gasteiger partial charge in [-0.25, -0.2) is 4.79 Å². The van der Waals surface area contributed by atoms with Gasteiger partial charge in [0, 0.05) is 12.7 Å². The van der Waals surface area contributed by atoms with E-state index in [1.807, 2.05) is 0 Å². The molecule has 2 heterocycles. The van der Waals surface area contributed by atoms with Crippen LogP contribution in [-0.2, 0) is 20.9 Å². The second-order valence-corrected chi connectivity index (χ2v) is 7.43. The highest BCUT2D eigenvalue weighted by molar-refractivity contribution is 7.99. The molecular weight excluding hydrogens is 385 g/mol. The molecule has 0 aliphatic carbocycles. The van der Waals surface area contributed by atoms with Gasteiger partial charge in [-0.05, 0) is 29.8 Å². The fourth-order valence-corrected chi connectivity index (χ4v) is 4.34. The fourth-order valence-electron chi connectivity index (χ4n) is 2.60. The lowest BCUT2D eigenvalue weighted by molar-refractivity contribution is -0.154. The van der Waals surface area contributed by atoms with Gasteiger partial charge in [-0.2, -0.15) is 0 Å². The summed E-state index contributed by atoms with van der Waals surface area (Å²) in [6, 6.07) is 7.92. The number of nitrogens with zero attached hydrogens (tertiary/aromatic N) is 1. The number of carbonyl (C=O) groups is 2. The highest BCUT2D eigenvalue weighted by atomic mass is 35.5. The Hall–Kier alpha value is -1.63. The standard InChI is InChI=1S/C17H15Cl2NO4S/c1-10(21)20-14(9-25-16(20)15-3-2-6-23-15)17(22)24-8-11-4-5-12(18)13(19)7-11/h2-7,14,16H,8-9H2,1H3/t14-,16-/m1/s1. The molecule has 0 radical (unpaired) electrons. The van der Waals surface area contributed by atoms with E-state index >= 15 is 0 Å². The largest absolute Gasteiger partial charge is 0.466 e. The molecule has 1 aromatic carbocycles. The summed E-state index contributed by atoms with van der Waals surface area (Å²) in [7, 11) is 0. The number of thioether (sulfide) groups is 1. The lowest BCUT2D eigenvalue weighted by atomic mass is 10.2. The smallest absolute Gasteiger partial charge is 0.330 e. The highest BCUT2D eigenvalue weighted by Gasteiger charge is 2.43. The van der Waals surface area contributed by atoms with Crippen molar-refractivity contribution in [3.05, 3.63) is 58.0 Å². The molecule has 2 atom stereocenters. The van der Waals surface area contributed by atoms with Crippen LogP contribution in [0.25, 0.3) is 0 Å². The first kappa shape index (κ1) is 18.2. The van der Waals surface area contributed by atoms with E-state index in [9.17, 15) is 9.59 Å². The van der Waals surface area contributed by atoms with Gasteiger partial charge in [0.25, 0.3) is 0 Å². The van der Waals surface area contributed by atoms with Gasteiger partial charge in [-0.15, -0.1) is 11.8 Å². The number of benzene rings is 1. The lowest BCUT2D eigenvalue weighted by Gasteiger charge is -2.25. The summed E-state index contributed by atoms with van der Waals surface area (Å²) in [5.74, 6) is 0.427. The van der Waals surface area contributed by atoms with Crippen LogP contribution in [0.15, 0.2) is 41.0 Å².